The summed E-state index contributed by atoms with van der Waals surface area (Å²) < 4.78 is 13.3. The van der Waals surface area contributed by atoms with Crippen LogP contribution in [-0.2, 0) is 0 Å². The highest BCUT2D eigenvalue weighted by molar-refractivity contribution is 5.48. The Balaban J connectivity index is 2.20. The van der Waals surface area contributed by atoms with E-state index in [2.05, 4.69) is 24.4 Å². The number of rotatable bonds is 4. The van der Waals surface area contributed by atoms with Crippen LogP contribution < -0.4 is 5.32 Å². The molecule has 2 aromatic rings. The maximum Gasteiger partial charge on any atom is 0.125 e. The number of hydrogen-bond acceptors (Lipinski definition) is 1. The van der Waals surface area contributed by atoms with E-state index in [1.807, 2.05) is 31.2 Å². The third-order valence-electron chi connectivity index (χ3n) is 2.99. The van der Waals surface area contributed by atoms with Crippen molar-refractivity contribution in [2.45, 2.75) is 26.3 Å². The molecule has 0 saturated carbocycles. The summed E-state index contributed by atoms with van der Waals surface area (Å²) in [6.45, 7) is 4.02. The van der Waals surface area contributed by atoms with Gasteiger partial charge in [-0.1, -0.05) is 37.3 Å². The first-order valence-electron chi connectivity index (χ1n) is 6.27. The first-order valence-corrected chi connectivity index (χ1v) is 6.27. The molecule has 0 heterocycles. The summed E-state index contributed by atoms with van der Waals surface area (Å²) in [7, 11) is 0. The summed E-state index contributed by atoms with van der Waals surface area (Å²) in [4.78, 5) is 0. The van der Waals surface area contributed by atoms with E-state index in [0.29, 0.717) is 0 Å². The molecule has 1 atom stereocenters. The zero-order valence-corrected chi connectivity index (χ0v) is 10.8. The lowest BCUT2D eigenvalue weighted by Gasteiger charge is -2.19. The molecule has 0 fully saturated rings. The van der Waals surface area contributed by atoms with Crippen molar-refractivity contribution in [1.29, 1.82) is 0 Å². The van der Waals surface area contributed by atoms with Gasteiger partial charge >= 0.3 is 0 Å². The summed E-state index contributed by atoms with van der Waals surface area (Å²) in [5.74, 6) is -0.194. The average Bonchev–Trinajstić information content (AvgIpc) is 2.36. The Labute approximate surface area is 108 Å². The summed E-state index contributed by atoms with van der Waals surface area (Å²) in [6, 6.07) is 15.5. The van der Waals surface area contributed by atoms with Gasteiger partial charge in [0.2, 0.25) is 0 Å². The zero-order chi connectivity index (χ0) is 13.0. The minimum atomic E-state index is -0.194. The van der Waals surface area contributed by atoms with Crippen molar-refractivity contribution < 1.29 is 4.39 Å². The van der Waals surface area contributed by atoms with Crippen LogP contribution in [0.1, 0.15) is 30.5 Å². The molecule has 0 radical (unpaired) electrons. The molecule has 0 aromatic heterocycles. The van der Waals surface area contributed by atoms with E-state index in [4.69, 9.17) is 0 Å². The second-order valence-corrected chi connectivity index (χ2v) is 4.53. The number of nitrogens with one attached hydrogen (secondary N) is 1. The number of benzene rings is 2. The fraction of sp³-hybridized carbons (Fsp3) is 0.250. The van der Waals surface area contributed by atoms with Crippen LogP contribution in [0.4, 0.5) is 10.1 Å². The molecule has 2 heteroatoms. The fourth-order valence-electron chi connectivity index (χ4n) is 2.13. The Morgan fingerprint density at radius 3 is 2.44 bits per heavy atom. The molecule has 0 amide bonds. The van der Waals surface area contributed by atoms with Gasteiger partial charge in [0.25, 0.3) is 0 Å². The van der Waals surface area contributed by atoms with Crippen LogP contribution in [0.3, 0.4) is 0 Å². The van der Waals surface area contributed by atoms with Crippen LogP contribution >= 0.6 is 0 Å². The van der Waals surface area contributed by atoms with Crippen molar-refractivity contribution >= 4 is 5.69 Å². The smallest absolute Gasteiger partial charge is 0.125 e. The maximum atomic E-state index is 13.3. The highest BCUT2D eigenvalue weighted by Crippen LogP contribution is 2.23. The molecule has 0 aliphatic carbocycles. The Morgan fingerprint density at radius 1 is 1.11 bits per heavy atom. The largest absolute Gasteiger partial charge is 0.378 e. The van der Waals surface area contributed by atoms with Crippen LogP contribution in [0.15, 0.2) is 48.5 Å². The Morgan fingerprint density at radius 2 is 1.83 bits per heavy atom. The Kier molecular flexibility index (Phi) is 3.98. The van der Waals surface area contributed by atoms with E-state index < -0.39 is 0 Å². The second-order valence-electron chi connectivity index (χ2n) is 4.53. The summed E-state index contributed by atoms with van der Waals surface area (Å²) in [5.41, 5.74) is 2.99. The quantitative estimate of drug-likeness (QED) is 0.821. The van der Waals surface area contributed by atoms with Crippen molar-refractivity contribution in [1.82, 2.24) is 0 Å². The second kappa shape index (κ2) is 5.67. The number of anilines is 1. The lowest BCUT2D eigenvalue weighted by molar-refractivity contribution is 0.626. The van der Waals surface area contributed by atoms with Crippen LogP contribution in [-0.4, -0.2) is 0 Å². The molecule has 0 spiro atoms. The molecule has 0 aliphatic heterocycles. The molecule has 2 rings (SSSR count). The molecule has 0 saturated heterocycles. The van der Waals surface area contributed by atoms with E-state index in [0.717, 1.165) is 17.7 Å². The van der Waals surface area contributed by atoms with Gasteiger partial charge in [0.1, 0.15) is 5.82 Å². The topological polar surface area (TPSA) is 12.0 Å². The molecule has 1 nitrogen and oxygen atoms in total. The first kappa shape index (κ1) is 12.6. The van der Waals surface area contributed by atoms with E-state index in [1.54, 1.807) is 6.07 Å². The molecule has 0 aliphatic rings. The molecule has 18 heavy (non-hydrogen) atoms. The average molecular weight is 243 g/mol. The maximum absolute atomic E-state index is 13.3. The lowest BCUT2D eigenvalue weighted by atomic mass is 10.0. The van der Waals surface area contributed by atoms with E-state index in [9.17, 15) is 4.39 Å². The fourth-order valence-corrected chi connectivity index (χ4v) is 2.13. The van der Waals surface area contributed by atoms with Crippen molar-refractivity contribution in [3.05, 3.63) is 65.5 Å². The Bertz CT molecular complexity index is 488. The van der Waals surface area contributed by atoms with Crippen molar-refractivity contribution in [3.8, 4) is 0 Å². The molecule has 1 unspecified atom stereocenters. The van der Waals surface area contributed by atoms with E-state index >= 15 is 0 Å². The highest BCUT2D eigenvalue weighted by atomic mass is 19.1. The molecule has 2 aromatic carbocycles. The monoisotopic (exact) mass is 243 g/mol. The lowest BCUT2D eigenvalue weighted by Crippen LogP contribution is -2.09. The number of aryl methyl sites for hydroxylation is 1. The molecule has 94 valence electrons. The molecular weight excluding hydrogens is 225 g/mol. The minimum Gasteiger partial charge on any atom is -0.378 e. The summed E-state index contributed by atoms with van der Waals surface area (Å²) in [5, 5.41) is 3.39. The first-order chi connectivity index (χ1) is 8.69. The summed E-state index contributed by atoms with van der Waals surface area (Å²) >= 11 is 0. The van der Waals surface area contributed by atoms with E-state index in [1.165, 1.54) is 11.6 Å². The van der Waals surface area contributed by atoms with Gasteiger partial charge in [-0.05, 0) is 42.7 Å². The molecular formula is C16H18FN. The van der Waals surface area contributed by atoms with Crippen molar-refractivity contribution in [2.75, 3.05) is 5.32 Å². The van der Waals surface area contributed by atoms with Crippen molar-refractivity contribution in [3.63, 3.8) is 0 Å². The van der Waals surface area contributed by atoms with Crippen LogP contribution in [0.25, 0.3) is 0 Å². The van der Waals surface area contributed by atoms with Crippen molar-refractivity contribution in [2.24, 2.45) is 0 Å². The van der Waals surface area contributed by atoms with Gasteiger partial charge in [0.05, 0.1) is 6.04 Å². The molecule has 0 bridgehead atoms. The standard InChI is InChI=1S/C16H18FN/c1-3-16(13-7-5-4-6-8-13)18-15-10-12(2)9-14(17)11-15/h4-11,16,18H,3H2,1-2H3. The van der Waals surface area contributed by atoms with E-state index in [-0.39, 0.29) is 11.9 Å². The van der Waals surface area contributed by atoms with Gasteiger partial charge in [-0.15, -0.1) is 0 Å². The SMILES string of the molecule is CCC(Nc1cc(C)cc(F)c1)c1ccccc1. The van der Waals surface area contributed by atoms with Crippen LogP contribution in [0, 0.1) is 12.7 Å². The third kappa shape index (κ3) is 3.10. The van der Waals surface area contributed by atoms with Gasteiger partial charge < -0.3 is 5.32 Å². The third-order valence-corrected chi connectivity index (χ3v) is 2.99. The van der Waals surface area contributed by atoms with Crippen LogP contribution in [0.5, 0.6) is 0 Å². The van der Waals surface area contributed by atoms with Gasteiger partial charge in [0, 0.05) is 5.69 Å². The number of hydrogen-bond donors (Lipinski definition) is 1. The molecule has 1 N–H and O–H groups in total. The number of halogens is 1. The minimum absolute atomic E-state index is 0.194. The van der Waals surface area contributed by atoms with Gasteiger partial charge in [-0.2, -0.15) is 0 Å². The van der Waals surface area contributed by atoms with Gasteiger partial charge in [-0.25, -0.2) is 4.39 Å². The normalized spacial score (nSPS) is 12.2. The van der Waals surface area contributed by atoms with Gasteiger partial charge in [0.15, 0.2) is 0 Å². The predicted molar refractivity (Wildman–Crippen MR) is 74.2 cm³/mol. The van der Waals surface area contributed by atoms with Crippen LogP contribution in [0.2, 0.25) is 0 Å². The summed E-state index contributed by atoms with van der Waals surface area (Å²) in [6.07, 6.45) is 0.958. The zero-order valence-electron chi connectivity index (χ0n) is 10.8. The highest BCUT2D eigenvalue weighted by Gasteiger charge is 2.09. The Hall–Kier alpha value is -1.83. The predicted octanol–water partition coefficient (Wildman–Crippen LogP) is 4.70. The van der Waals surface area contributed by atoms with Gasteiger partial charge in [-0.3, -0.25) is 0 Å².